The Morgan fingerprint density at radius 1 is 0.963 bits per heavy atom. The van der Waals surface area contributed by atoms with Crippen LogP contribution in [0.25, 0.3) is 6.08 Å². The number of aliphatic imine (C=N–C) groups is 2. The van der Waals surface area contributed by atoms with Gasteiger partial charge >= 0.3 is 0 Å². The number of hydrogen-bond acceptors (Lipinski definition) is 7. The van der Waals surface area contributed by atoms with Crippen LogP contribution in [0.5, 0.6) is 17.2 Å². The van der Waals surface area contributed by atoms with Crippen LogP contribution in [0, 0.1) is 0 Å². The molecule has 1 aromatic rings. The SMILES string of the molecule is COc1ccc(C=C2C(=O)N=C3N=C4CCCCC4=NN23)c(OC)c1OC. The minimum absolute atomic E-state index is 0.325. The highest BCUT2D eigenvalue weighted by molar-refractivity contribution is 6.45. The van der Waals surface area contributed by atoms with Crippen molar-refractivity contribution in [3.63, 3.8) is 0 Å². The number of ether oxygens (including phenoxy) is 3. The molecule has 0 saturated heterocycles. The molecule has 0 N–H and O–H groups in total. The summed E-state index contributed by atoms with van der Waals surface area (Å²) < 4.78 is 16.2. The predicted octanol–water partition coefficient (Wildman–Crippen LogP) is 2.64. The molecule has 4 rings (SSSR count). The van der Waals surface area contributed by atoms with Crippen molar-refractivity contribution in [2.45, 2.75) is 25.7 Å². The first-order valence-electron chi connectivity index (χ1n) is 8.75. The van der Waals surface area contributed by atoms with E-state index in [0.29, 0.717) is 34.5 Å². The molecule has 8 heteroatoms. The zero-order chi connectivity index (χ0) is 19.0. The number of carbonyl (C=O) groups excluding carboxylic acids is 1. The largest absolute Gasteiger partial charge is 0.493 e. The molecule has 1 aromatic carbocycles. The molecule has 1 saturated carbocycles. The van der Waals surface area contributed by atoms with Crippen molar-refractivity contribution < 1.29 is 19.0 Å². The number of hydrogen-bond donors (Lipinski definition) is 0. The number of nitrogens with zero attached hydrogens (tertiary/aromatic N) is 4. The van der Waals surface area contributed by atoms with E-state index in [1.54, 1.807) is 25.3 Å². The van der Waals surface area contributed by atoms with Crippen LogP contribution in [-0.4, -0.2) is 49.6 Å². The summed E-state index contributed by atoms with van der Waals surface area (Å²) in [6.45, 7) is 0. The fourth-order valence-electron chi connectivity index (χ4n) is 3.42. The third-order valence-corrected chi connectivity index (χ3v) is 4.73. The zero-order valence-corrected chi connectivity index (χ0v) is 15.5. The summed E-state index contributed by atoms with van der Waals surface area (Å²) in [5, 5.41) is 6.14. The fraction of sp³-hybridized carbons (Fsp3) is 0.368. The number of methoxy groups -OCH3 is 3. The lowest BCUT2D eigenvalue weighted by Crippen LogP contribution is -2.33. The Kier molecular flexibility index (Phi) is 4.39. The lowest BCUT2D eigenvalue weighted by Gasteiger charge is -2.24. The lowest BCUT2D eigenvalue weighted by molar-refractivity contribution is -0.114. The standard InChI is InChI=1S/C19H20N4O4/c1-25-15-9-8-11(16(26-2)17(15)27-3)10-14-18(24)21-19-20-12-6-4-5-7-13(12)22-23(14)19/h8-10H,4-7H2,1-3H3. The second kappa shape index (κ2) is 6.86. The normalized spacial score (nSPS) is 19.8. The highest BCUT2D eigenvalue weighted by Gasteiger charge is 2.35. The van der Waals surface area contributed by atoms with Crippen LogP contribution in [0.15, 0.2) is 32.9 Å². The van der Waals surface area contributed by atoms with Crippen LogP contribution in [0.3, 0.4) is 0 Å². The first kappa shape index (κ1) is 17.3. The maximum absolute atomic E-state index is 12.5. The van der Waals surface area contributed by atoms with Gasteiger partial charge in [-0.15, -0.1) is 0 Å². The second-order valence-electron chi connectivity index (χ2n) is 6.29. The minimum Gasteiger partial charge on any atom is -0.493 e. The van der Waals surface area contributed by atoms with Gasteiger partial charge in [0, 0.05) is 5.56 Å². The van der Waals surface area contributed by atoms with Crippen molar-refractivity contribution in [1.29, 1.82) is 0 Å². The number of guanidine groups is 1. The Balaban J connectivity index is 1.76. The third kappa shape index (κ3) is 2.87. The van der Waals surface area contributed by atoms with Gasteiger partial charge in [-0.25, -0.2) is 4.99 Å². The van der Waals surface area contributed by atoms with Crippen molar-refractivity contribution in [1.82, 2.24) is 5.01 Å². The highest BCUT2D eigenvalue weighted by Crippen LogP contribution is 2.41. The Labute approximate surface area is 156 Å². The second-order valence-corrected chi connectivity index (χ2v) is 6.29. The molecular weight excluding hydrogens is 348 g/mol. The van der Waals surface area contributed by atoms with Crippen LogP contribution >= 0.6 is 0 Å². The van der Waals surface area contributed by atoms with E-state index in [2.05, 4.69) is 15.1 Å². The van der Waals surface area contributed by atoms with E-state index in [1.807, 2.05) is 0 Å². The summed E-state index contributed by atoms with van der Waals surface area (Å²) in [5.41, 5.74) is 2.86. The van der Waals surface area contributed by atoms with Crippen molar-refractivity contribution in [2.75, 3.05) is 21.3 Å². The molecule has 0 spiro atoms. The molecule has 3 aliphatic rings. The Bertz CT molecular complexity index is 930. The summed E-state index contributed by atoms with van der Waals surface area (Å²) in [6, 6.07) is 3.55. The van der Waals surface area contributed by atoms with E-state index < -0.39 is 0 Å². The quantitative estimate of drug-likeness (QED) is 0.763. The maximum atomic E-state index is 12.5. The van der Waals surface area contributed by atoms with Crippen molar-refractivity contribution >= 4 is 29.4 Å². The molecule has 140 valence electrons. The van der Waals surface area contributed by atoms with E-state index >= 15 is 0 Å². The van der Waals surface area contributed by atoms with E-state index in [4.69, 9.17) is 14.2 Å². The maximum Gasteiger partial charge on any atom is 0.299 e. The van der Waals surface area contributed by atoms with E-state index in [-0.39, 0.29) is 5.91 Å². The molecule has 1 amide bonds. The molecule has 8 nitrogen and oxygen atoms in total. The fourth-order valence-corrected chi connectivity index (χ4v) is 3.42. The van der Waals surface area contributed by atoms with Gasteiger partial charge in [-0.05, 0) is 43.9 Å². The molecule has 0 radical (unpaired) electrons. The van der Waals surface area contributed by atoms with E-state index in [1.165, 1.54) is 19.2 Å². The monoisotopic (exact) mass is 368 g/mol. The molecular formula is C19H20N4O4. The highest BCUT2D eigenvalue weighted by atomic mass is 16.5. The Morgan fingerprint density at radius 2 is 1.70 bits per heavy atom. The molecule has 1 aliphatic carbocycles. The van der Waals surface area contributed by atoms with Crippen LogP contribution in [0.1, 0.15) is 31.2 Å². The number of amides is 1. The topological polar surface area (TPSA) is 85.1 Å². The van der Waals surface area contributed by atoms with Crippen LogP contribution in [0.4, 0.5) is 0 Å². The lowest BCUT2D eigenvalue weighted by atomic mass is 9.96. The molecule has 0 aromatic heterocycles. The molecule has 27 heavy (non-hydrogen) atoms. The summed E-state index contributed by atoms with van der Waals surface area (Å²) in [4.78, 5) is 21.1. The van der Waals surface area contributed by atoms with E-state index in [0.717, 1.165) is 37.1 Å². The average molecular weight is 368 g/mol. The summed E-state index contributed by atoms with van der Waals surface area (Å²) in [5.74, 6) is 1.41. The average Bonchev–Trinajstić information content (AvgIpc) is 2.99. The number of benzene rings is 1. The summed E-state index contributed by atoms with van der Waals surface area (Å²) in [6.07, 6.45) is 5.60. The first-order valence-corrected chi connectivity index (χ1v) is 8.75. The minimum atomic E-state index is -0.380. The third-order valence-electron chi connectivity index (χ3n) is 4.73. The number of rotatable bonds is 4. The van der Waals surface area contributed by atoms with Gasteiger partial charge in [0.2, 0.25) is 5.75 Å². The Morgan fingerprint density at radius 3 is 2.41 bits per heavy atom. The van der Waals surface area contributed by atoms with Crippen LogP contribution in [0.2, 0.25) is 0 Å². The number of carbonyl (C=O) groups is 1. The summed E-state index contributed by atoms with van der Waals surface area (Å²) >= 11 is 0. The predicted molar refractivity (Wildman–Crippen MR) is 102 cm³/mol. The molecule has 2 aliphatic heterocycles. The van der Waals surface area contributed by atoms with E-state index in [9.17, 15) is 4.79 Å². The van der Waals surface area contributed by atoms with Crippen molar-refractivity contribution in [3.8, 4) is 17.2 Å². The van der Waals surface area contributed by atoms with Crippen LogP contribution < -0.4 is 14.2 Å². The van der Waals surface area contributed by atoms with Gasteiger partial charge in [-0.3, -0.25) is 4.79 Å². The molecule has 0 bridgehead atoms. The van der Waals surface area contributed by atoms with Crippen molar-refractivity contribution in [2.24, 2.45) is 15.1 Å². The van der Waals surface area contributed by atoms with Gasteiger partial charge in [0.25, 0.3) is 11.9 Å². The van der Waals surface area contributed by atoms with Gasteiger partial charge in [0.05, 0.1) is 32.8 Å². The molecule has 1 fully saturated rings. The smallest absolute Gasteiger partial charge is 0.299 e. The first-order chi connectivity index (χ1) is 13.2. The molecule has 0 atom stereocenters. The van der Waals surface area contributed by atoms with Crippen molar-refractivity contribution in [3.05, 3.63) is 23.4 Å². The van der Waals surface area contributed by atoms with Gasteiger partial charge in [0.15, 0.2) is 11.5 Å². The zero-order valence-electron chi connectivity index (χ0n) is 15.5. The number of hydrazone groups is 1. The Hall–Kier alpha value is -3.16. The molecule has 0 unspecified atom stereocenters. The van der Waals surface area contributed by atoms with Gasteiger partial charge < -0.3 is 14.2 Å². The van der Waals surface area contributed by atoms with Crippen LogP contribution in [-0.2, 0) is 4.79 Å². The summed E-state index contributed by atoms with van der Waals surface area (Å²) in [7, 11) is 4.63. The van der Waals surface area contributed by atoms with Gasteiger partial charge in [0.1, 0.15) is 5.70 Å². The van der Waals surface area contributed by atoms with Gasteiger partial charge in [-0.1, -0.05) is 0 Å². The van der Waals surface area contributed by atoms with Gasteiger partial charge in [-0.2, -0.15) is 15.1 Å². The molecule has 2 heterocycles. The number of fused-ring (bicyclic) bond motifs is 2.